The lowest BCUT2D eigenvalue weighted by molar-refractivity contribution is 0.144. The molecule has 2 atom stereocenters. The van der Waals surface area contributed by atoms with Crippen LogP contribution in [0.4, 0.5) is 5.82 Å². The Bertz CT molecular complexity index is 464. The van der Waals surface area contributed by atoms with E-state index in [4.69, 9.17) is 18.0 Å². The summed E-state index contributed by atoms with van der Waals surface area (Å²) in [7, 11) is 0. The highest BCUT2D eigenvalue weighted by Crippen LogP contribution is 2.21. The molecular weight excluding hydrogens is 258 g/mol. The van der Waals surface area contributed by atoms with Gasteiger partial charge in [-0.1, -0.05) is 31.5 Å². The quantitative estimate of drug-likeness (QED) is 0.584. The summed E-state index contributed by atoms with van der Waals surface area (Å²) in [5.74, 6) is 0.744. The number of aryl methyl sites for hydroxylation is 1. The molecule has 5 heteroatoms. The second-order valence-corrected chi connectivity index (χ2v) is 5.64. The van der Waals surface area contributed by atoms with E-state index < -0.39 is 0 Å². The van der Waals surface area contributed by atoms with E-state index in [1.165, 1.54) is 6.42 Å². The fourth-order valence-corrected chi connectivity index (χ4v) is 2.65. The first-order valence-electron chi connectivity index (χ1n) is 6.79. The predicted molar refractivity (Wildman–Crippen MR) is 81.4 cm³/mol. The summed E-state index contributed by atoms with van der Waals surface area (Å²) in [6, 6.07) is 3.79. The van der Waals surface area contributed by atoms with Gasteiger partial charge in [-0.15, -0.1) is 0 Å². The maximum absolute atomic E-state index is 10.1. The van der Waals surface area contributed by atoms with Gasteiger partial charge in [-0.25, -0.2) is 4.98 Å². The van der Waals surface area contributed by atoms with E-state index in [0.717, 1.165) is 42.8 Å². The number of rotatable bonds is 3. The molecule has 4 nitrogen and oxygen atoms in total. The Morgan fingerprint density at radius 1 is 1.37 bits per heavy atom. The van der Waals surface area contributed by atoms with Gasteiger partial charge in [0.2, 0.25) is 0 Å². The fraction of sp³-hybridized carbons (Fsp3) is 0.571. The summed E-state index contributed by atoms with van der Waals surface area (Å²) in [5, 5.41) is 13.4. The standard InChI is InChI=1S/C14H21N3OS/c1-9-7-10(14(15)19)8-13(16-9)17-11-5-3-2-4-6-12(11)18/h7-8,11-12,18H,2-6H2,1H3,(H2,15,19)(H,16,17). The van der Waals surface area contributed by atoms with Crippen LogP contribution in [-0.2, 0) is 0 Å². The average Bonchev–Trinajstić information content (AvgIpc) is 2.54. The summed E-state index contributed by atoms with van der Waals surface area (Å²) in [6.07, 6.45) is 4.94. The number of hydrogen-bond acceptors (Lipinski definition) is 4. The Morgan fingerprint density at radius 2 is 2.11 bits per heavy atom. The van der Waals surface area contributed by atoms with Gasteiger partial charge in [0.15, 0.2) is 0 Å². The molecule has 1 heterocycles. The summed E-state index contributed by atoms with van der Waals surface area (Å²) in [5.41, 5.74) is 7.35. The minimum Gasteiger partial charge on any atom is -0.391 e. The number of nitrogens with zero attached hydrogens (tertiary/aromatic N) is 1. The molecular formula is C14H21N3OS. The lowest BCUT2D eigenvalue weighted by atomic mass is 10.1. The molecule has 4 N–H and O–H groups in total. The highest BCUT2D eigenvalue weighted by atomic mass is 32.1. The lowest BCUT2D eigenvalue weighted by Crippen LogP contribution is -2.33. The largest absolute Gasteiger partial charge is 0.391 e. The van der Waals surface area contributed by atoms with Crippen molar-refractivity contribution in [1.82, 2.24) is 4.98 Å². The van der Waals surface area contributed by atoms with Crippen molar-refractivity contribution in [2.75, 3.05) is 5.32 Å². The average molecular weight is 279 g/mol. The third-order valence-corrected chi connectivity index (χ3v) is 3.79. The molecule has 1 saturated carbocycles. The van der Waals surface area contributed by atoms with Gasteiger partial charge in [0.1, 0.15) is 10.8 Å². The van der Waals surface area contributed by atoms with Crippen LogP contribution in [0.25, 0.3) is 0 Å². The molecule has 2 rings (SSSR count). The fourth-order valence-electron chi connectivity index (χ4n) is 2.53. The molecule has 1 fully saturated rings. The van der Waals surface area contributed by atoms with Crippen molar-refractivity contribution in [1.29, 1.82) is 0 Å². The Balaban J connectivity index is 2.15. The van der Waals surface area contributed by atoms with Crippen LogP contribution in [0, 0.1) is 6.92 Å². The van der Waals surface area contributed by atoms with E-state index in [2.05, 4.69) is 10.3 Å². The zero-order valence-electron chi connectivity index (χ0n) is 11.2. The molecule has 0 aromatic carbocycles. The van der Waals surface area contributed by atoms with E-state index in [1.807, 2.05) is 19.1 Å². The molecule has 1 aromatic heterocycles. The Labute approximate surface area is 119 Å². The molecule has 0 amide bonds. The summed E-state index contributed by atoms with van der Waals surface area (Å²) in [4.78, 5) is 4.81. The van der Waals surface area contributed by atoms with Crippen LogP contribution in [0.1, 0.15) is 43.4 Å². The molecule has 0 radical (unpaired) electrons. The van der Waals surface area contributed by atoms with Gasteiger partial charge >= 0.3 is 0 Å². The van der Waals surface area contributed by atoms with Crippen molar-refractivity contribution in [2.24, 2.45) is 5.73 Å². The topological polar surface area (TPSA) is 71.2 Å². The molecule has 1 aliphatic rings. The monoisotopic (exact) mass is 279 g/mol. The highest BCUT2D eigenvalue weighted by molar-refractivity contribution is 7.80. The zero-order chi connectivity index (χ0) is 13.8. The number of aromatic nitrogens is 1. The summed E-state index contributed by atoms with van der Waals surface area (Å²) < 4.78 is 0. The third kappa shape index (κ3) is 3.88. The maximum atomic E-state index is 10.1. The van der Waals surface area contributed by atoms with Crippen molar-refractivity contribution in [3.05, 3.63) is 23.4 Å². The van der Waals surface area contributed by atoms with Crippen LogP contribution in [0.5, 0.6) is 0 Å². The highest BCUT2D eigenvalue weighted by Gasteiger charge is 2.21. The van der Waals surface area contributed by atoms with Crippen molar-refractivity contribution in [2.45, 2.75) is 51.2 Å². The van der Waals surface area contributed by atoms with E-state index in [9.17, 15) is 5.11 Å². The SMILES string of the molecule is Cc1cc(C(N)=S)cc(NC2CCCCCC2O)n1. The van der Waals surface area contributed by atoms with Gasteiger partial charge in [0, 0.05) is 11.3 Å². The predicted octanol–water partition coefficient (Wildman–Crippen LogP) is 2.13. The van der Waals surface area contributed by atoms with Crippen LogP contribution < -0.4 is 11.1 Å². The number of aliphatic hydroxyl groups is 1. The lowest BCUT2D eigenvalue weighted by Gasteiger charge is -2.22. The van der Waals surface area contributed by atoms with Crippen molar-refractivity contribution in [3.63, 3.8) is 0 Å². The smallest absolute Gasteiger partial charge is 0.127 e. The van der Waals surface area contributed by atoms with E-state index in [1.54, 1.807) is 0 Å². The summed E-state index contributed by atoms with van der Waals surface area (Å²) >= 11 is 5.00. The number of nitrogens with one attached hydrogen (secondary N) is 1. The van der Waals surface area contributed by atoms with Gasteiger partial charge < -0.3 is 16.2 Å². The van der Waals surface area contributed by atoms with Crippen LogP contribution in [-0.4, -0.2) is 27.2 Å². The number of aliphatic hydroxyl groups excluding tert-OH is 1. The van der Waals surface area contributed by atoms with Gasteiger partial charge in [0.05, 0.1) is 12.1 Å². The zero-order valence-corrected chi connectivity index (χ0v) is 12.0. The minimum atomic E-state index is -0.307. The van der Waals surface area contributed by atoms with Gasteiger partial charge in [-0.3, -0.25) is 0 Å². The first-order chi connectivity index (χ1) is 9.06. The Morgan fingerprint density at radius 3 is 2.84 bits per heavy atom. The second kappa shape index (κ2) is 6.30. The molecule has 0 spiro atoms. The van der Waals surface area contributed by atoms with E-state index in [0.29, 0.717) is 4.99 Å². The first-order valence-corrected chi connectivity index (χ1v) is 7.20. The van der Waals surface area contributed by atoms with Crippen molar-refractivity contribution >= 4 is 23.0 Å². The van der Waals surface area contributed by atoms with Crippen LogP contribution in [0.15, 0.2) is 12.1 Å². The molecule has 104 valence electrons. The van der Waals surface area contributed by atoms with E-state index >= 15 is 0 Å². The second-order valence-electron chi connectivity index (χ2n) is 5.20. The van der Waals surface area contributed by atoms with E-state index in [-0.39, 0.29) is 12.1 Å². The molecule has 0 saturated heterocycles. The molecule has 0 aliphatic heterocycles. The van der Waals surface area contributed by atoms with Crippen LogP contribution in [0.2, 0.25) is 0 Å². The summed E-state index contributed by atoms with van der Waals surface area (Å²) in [6.45, 7) is 1.91. The Hall–Kier alpha value is -1.20. The molecule has 0 bridgehead atoms. The minimum absolute atomic E-state index is 0.0657. The van der Waals surface area contributed by atoms with Gasteiger partial charge in [0.25, 0.3) is 0 Å². The molecule has 1 aliphatic carbocycles. The number of anilines is 1. The number of hydrogen-bond donors (Lipinski definition) is 3. The Kier molecular flexibility index (Phi) is 4.71. The maximum Gasteiger partial charge on any atom is 0.127 e. The van der Waals surface area contributed by atoms with Crippen molar-refractivity contribution < 1.29 is 5.11 Å². The molecule has 2 unspecified atom stereocenters. The number of nitrogens with two attached hydrogens (primary N) is 1. The van der Waals surface area contributed by atoms with Gasteiger partial charge in [-0.05, 0) is 31.9 Å². The first kappa shape index (κ1) is 14.2. The molecule has 19 heavy (non-hydrogen) atoms. The van der Waals surface area contributed by atoms with Crippen molar-refractivity contribution in [3.8, 4) is 0 Å². The number of pyridine rings is 1. The normalized spacial score (nSPS) is 23.7. The van der Waals surface area contributed by atoms with Crippen LogP contribution in [0.3, 0.4) is 0 Å². The molecule has 1 aromatic rings. The van der Waals surface area contributed by atoms with Crippen LogP contribution >= 0.6 is 12.2 Å². The number of thiocarbonyl (C=S) groups is 1. The van der Waals surface area contributed by atoms with Gasteiger partial charge in [-0.2, -0.15) is 0 Å². The third-order valence-electron chi connectivity index (χ3n) is 3.55.